The van der Waals surface area contributed by atoms with Gasteiger partial charge in [-0.2, -0.15) is 0 Å². The number of nitrogens with zero attached hydrogens (tertiary/aromatic N) is 2. The molecule has 2 saturated heterocycles. The van der Waals surface area contributed by atoms with Crippen LogP contribution in [0.4, 0.5) is 4.39 Å². The Hall–Kier alpha value is -3.82. The predicted molar refractivity (Wildman–Crippen MR) is 250 cm³/mol. The number of methoxy groups -OCH3 is 3. The summed E-state index contributed by atoms with van der Waals surface area (Å²) in [5.41, 5.74) is 2.34. The van der Waals surface area contributed by atoms with E-state index in [0.717, 1.165) is 36.8 Å². The number of aliphatic hydroxyl groups is 1. The predicted octanol–water partition coefficient (Wildman–Crippen LogP) is 7.87. The number of phenols is 1. The van der Waals surface area contributed by atoms with Gasteiger partial charge in [0, 0.05) is 46.1 Å². The van der Waals surface area contributed by atoms with Gasteiger partial charge < -0.3 is 38.8 Å². The van der Waals surface area contributed by atoms with Crippen LogP contribution in [0.15, 0.2) is 52.6 Å². The summed E-state index contributed by atoms with van der Waals surface area (Å²) in [4.78, 5) is 63.2. The summed E-state index contributed by atoms with van der Waals surface area (Å²) in [5, 5.41) is 21.7. The molecule has 0 radical (unpaired) electrons. The number of halogens is 1. The number of hydrogen-bond acceptors (Lipinski definition) is 12. The maximum Gasteiger partial charge on any atom is 0.329 e. The van der Waals surface area contributed by atoms with Gasteiger partial charge in [0.2, 0.25) is 5.79 Å². The number of hydrogen-bond donors (Lipinski definition) is 2. The summed E-state index contributed by atoms with van der Waals surface area (Å²) in [6.45, 7) is 10.9. The number of piperidine rings is 1. The van der Waals surface area contributed by atoms with E-state index in [1.807, 2.05) is 39.1 Å². The van der Waals surface area contributed by atoms with E-state index in [0.29, 0.717) is 37.7 Å². The molecule has 3 aliphatic heterocycles. The van der Waals surface area contributed by atoms with Gasteiger partial charge in [0.05, 0.1) is 24.4 Å². The van der Waals surface area contributed by atoms with Crippen LogP contribution in [-0.4, -0.2) is 127 Å². The standard InChI is InChI=1S/C52H77FN2O11/c1-10-38-27-32(3)46(53)33(4)28-44(63-8)48-45(64-9)29-35(6)52(61,66-48)49(58)50(59)55-25-12-11-15-41(55)51(60)65-47(31(2)16-23-42(38)57)34(5)26-37-19-22-40(43(30-37)62-7)54-24-13-14-36-17-20-39(56)21-18-36/h17-18,20-21,24,26-27,31,33,35,37-38,40-41,43-48,56,61H,10-16,19,22-23,25,28-30H2,1-9H3. The highest BCUT2D eigenvalue weighted by molar-refractivity contribution is 6.39. The van der Waals surface area contributed by atoms with Crippen molar-refractivity contribution in [3.63, 3.8) is 0 Å². The van der Waals surface area contributed by atoms with Crippen molar-refractivity contribution in [2.75, 3.05) is 27.9 Å². The van der Waals surface area contributed by atoms with E-state index in [1.54, 1.807) is 46.1 Å². The lowest BCUT2D eigenvalue weighted by Gasteiger charge is -2.47. The number of alkyl halides is 1. The molecule has 1 aromatic carbocycles. The molecule has 1 amide bonds. The van der Waals surface area contributed by atoms with Crippen LogP contribution in [0.3, 0.4) is 0 Å². The zero-order valence-corrected chi connectivity index (χ0v) is 40.8. The van der Waals surface area contributed by atoms with E-state index in [1.165, 1.54) is 19.1 Å². The van der Waals surface area contributed by atoms with E-state index in [-0.39, 0.29) is 67.7 Å². The van der Waals surface area contributed by atoms with E-state index < -0.39 is 77.8 Å². The third kappa shape index (κ3) is 13.0. The molecule has 1 aliphatic carbocycles. The fraction of sp³-hybridized carbons (Fsp3) is 0.712. The van der Waals surface area contributed by atoms with Crippen LogP contribution in [0.1, 0.15) is 124 Å². The van der Waals surface area contributed by atoms with Gasteiger partial charge >= 0.3 is 5.97 Å². The Morgan fingerprint density at radius 3 is 2.27 bits per heavy atom. The molecular formula is C52H77FN2O11. The molecule has 2 N–H and O–H groups in total. The van der Waals surface area contributed by atoms with E-state index in [9.17, 15) is 29.4 Å². The van der Waals surface area contributed by atoms with Crippen molar-refractivity contribution in [1.82, 2.24) is 4.90 Å². The second-order valence-electron chi connectivity index (χ2n) is 19.5. The zero-order valence-electron chi connectivity index (χ0n) is 40.8. The number of rotatable bonds is 10. The number of allylic oxidation sites excluding steroid dienone is 3. The molecule has 66 heavy (non-hydrogen) atoms. The van der Waals surface area contributed by atoms with Crippen molar-refractivity contribution in [2.45, 2.75) is 180 Å². The third-order valence-electron chi connectivity index (χ3n) is 14.8. The number of esters is 1. The van der Waals surface area contributed by atoms with Crippen LogP contribution in [0.5, 0.6) is 5.75 Å². The number of Topliss-reactive ketones (excluding diaryl/α,β-unsaturated/α-hetero) is 2. The SMILES string of the molecule is CCC1C=C(C)C(F)C(C)CC(OC)C2OC(O)(C(=O)C(=O)N3CCCCC3C(=O)OC(C(C)=CC3CCC(N=CCCc4ccc(O)cc4)C(OC)C3)C(C)CCC1=O)C(C)CC2OC. The number of benzene rings is 1. The number of aliphatic imine (C=N–C) groups is 1. The van der Waals surface area contributed by atoms with Crippen molar-refractivity contribution < 1.29 is 57.5 Å². The van der Waals surface area contributed by atoms with Crippen LogP contribution >= 0.6 is 0 Å². The van der Waals surface area contributed by atoms with Crippen molar-refractivity contribution in [1.29, 1.82) is 0 Å². The summed E-state index contributed by atoms with van der Waals surface area (Å²) >= 11 is 0. The van der Waals surface area contributed by atoms with Crippen molar-refractivity contribution >= 4 is 29.7 Å². The van der Waals surface area contributed by atoms with E-state index in [2.05, 4.69) is 6.08 Å². The lowest BCUT2D eigenvalue weighted by atomic mass is 9.81. The monoisotopic (exact) mass is 925 g/mol. The van der Waals surface area contributed by atoms with E-state index >= 15 is 4.39 Å². The van der Waals surface area contributed by atoms with Gasteiger partial charge in [0.25, 0.3) is 11.7 Å². The second kappa shape index (κ2) is 24.5. The number of carbonyl (C=O) groups excluding carboxylic acids is 4. The Bertz CT molecular complexity index is 1890. The molecule has 3 heterocycles. The molecule has 5 rings (SSSR count). The number of ether oxygens (including phenoxy) is 5. The molecule has 1 aromatic rings. The normalized spacial score (nSPS) is 36.3. The molecule has 14 unspecified atom stereocenters. The minimum atomic E-state index is -2.57. The van der Waals surface area contributed by atoms with E-state index in [4.69, 9.17) is 28.7 Å². The molecule has 0 spiro atoms. The highest BCUT2D eigenvalue weighted by atomic mass is 19.1. The van der Waals surface area contributed by atoms with Crippen LogP contribution in [0.25, 0.3) is 0 Å². The smallest absolute Gasteiger partial charge is 0.329 e. The molecule has 14 heteroatoms. The first kappa shape index (κ1) is 53.1. The lowest BCUT2D eigenvalue weighted by Crippen LogP contribution is -2.64. The molecule has 1 saturated carbocycles. The Labute approximate surface area is 391 Å². The number of aryl methyl sites for hydroxylation is 1. The maximum atomic E-state index is 16.3. The number of ketones is 2. The largest absolute Gasteiger partial charge is 0.508 e. The molecule has 0 aromatic heterocycles. The van der Waals surface area contributed by atoms with Gasteiger partial charge in [-0.1, -0.05) is 52.0 Å². The van der Waals surface area contributed by atoms with Gasteiger partial charge in [-0.05, 0) is 144 Å². The number of amides is 1. The van der Waals surface area contributed by atoms with Gasteiger partial charge in [-0.3, -0.25) is 19.4 Å². The van der Waals surface area contributed by atoms with Crippen LogP contribution < -0.4 is 0 Å². The highest BCUT2D eigenvalue weighted by Crippen LogP contribution is 2.40. The Morgan fingerprint density at radius 1 is 0.924 bits per heavy atom. The van der Waals surface area contributed by atoms with Gasteiger partial charge in [0.15, 0.2) is 0 Å². The van der Waals surface area contributed by atoms with Crippen LogP contribution in [0.2, 0.25) is 0 Å². The first-order valence-electron chi connectivity index (χ1n) is 24.3. The van der Waals surface area contributed by atoms with Crippen molar-refractivity contribution in [3.05, 3.63) is 53.1 Å². The molecule has 368 valence electrons. The molecular weight excluding hydrogens is 848 g/mol. The number of fused-ring (bicyclic) bond motifs is 3. The van der Waals surface area contributed by atoms with Crippen molar-refractivity contribution in [3.8, 4) is 5.75 Å². The Balaban J connectivity index is 1.43. The Kier molecular flexibility index (Phi) is 19.7. The summed E-state index contributed by atoms with van der Waals surface area (Å²) in [7, 11) is 4.62. The van der Waals surface area contributed by atoms with Gasteiger partial charge in [0.1, 0.15) is 36.0 Å². The maximum absolute atomic E-state index is 16.3. The van der Waals surface area contributed by atoms with Crippen LogP contribution in [0, 0.1) is 29.6 Å². The minimum absolute atomic E-state index is 0.0110. The zero-order chi connectivity index (χ0) is 48.3. The summed E-state index contributed by atoms with van der Waals surface area (Å²) in [6, 6.07) is 6.07. The number of aromatic hydroxyl groups is 1. The summed E-state index contributed by atoms with van der Waals surface area (Å²) in [5.74, 6) is -7.51. The lowest BCUT2D eigenvalue weighted by molar-refractivity contribution is -0.302. The average Bonchev–Trinajstić information content (AvgIpc) is 3.32. The molecule has 2 bridgehead atoms. The highest BCUT2D eigenvalue weighted by Gasteiger charge is 2.56. The molecule has 14 atom stereocenters. The number of cyclic esters (lactones) is 1. The molecule has 13 nitrogen and oxygen atoms in total. The fourth-order valence-electron chi connectivity index (χ4n) is 10.6. The average molecular weight is 925 g/mol. The summed E-state index contributed by atoms with van der Waals surface area (Å²) < 4.78 is 46.5. The minimum Gasteiger partial charge on any atom is -0.508 e. The third-order valence-corrected chi connectivity index (χ3v) is 14.8. The number of carbonyl (C=O) groups is 4. The van der Waals surface area contributed by atoms with Gasteiger partial charge in [-0.15, -0.1) is 0 Å². The van der Waals surface area contributed by atoms with Crippen LogP contribution in [-0.2, 0) is 49.3 Å². The molecule has 3 fully saturated rings. The first-order chi connectivity index (χ1) is 31.4. The second-order valence-corrected chi connectivity index (χ2v) is 19.5. The Morgan fingerprint density at radius 2 is 1.61 bits per heavy atom. The van der Waals surface area contributed by atoms with Crippen molar-refractivity contribution in [2.24, 2.45) is 34.6 Å². The number of phenolic OH excluding ortho intramolecular Hbond substituents is 1. The topological polar surface area (TPSA) is 170 Å². The summed E-state index contributed by atoms with van der Waals surface area (Å²) in [6.07, 6.45) is 7.59. The fourth-order valence-corrected chi connectivity index (χ4v) is 10.6. The first-order valence-corrected chi connectivity index (χ1v) is 24.3. The quantitative estimate of drug-likeness (QED) is 0.101. The molecule has 4 aliphatic rings. The van der Waals surface area contributed by atoms with Gasteiger partial charge in [-0.25, -0.2) is 9.18 Å².